The first-order chi connectivity index (χ1) is 8.15. The fourth-order valence-corrected chi connectivity index (χ4v) is 2.62. The van der Waals surface area contributed by atoms with Crippen LogP contribution in [0.2, 0.25) is 0 Å². The minimum absolute atomic E-state index is 0.110. The third-order valence-electron chi connectivity index (χ3n) is 3.67. The van der Waals surface area contributed by atoms with Crippen molar-refractivity contribution in [3.05, 3.63) is 0 Å². The maximum absolute atomic E-state index is 11.7. The van der Waals surface area contributed by atoms with Crippen LogP contribution in [0.25, 0.3) is 0 Å². The molecule has 1 amide bonds. The van der Waals surface area contributed by atoms with Crippen LogP contribution in [0.1, 0.15) is 32.1 Å². The summed E-state index contributed by atoms with van der Waals surface area (Å²) in [5.41, 5.74) is 0. The average molecular weight is 240 g/mol. The van der Waals surface area contributed by atoms with Crippen molar-refractivity contribution in [1.29, 1.82) is 0 Å². The number of amides is 1. The number of carboxylic acids is 1. The molecule has 1 aliphatic carbocycles. The Morgan fingerprint density at radius 2 is 1.88 bits per heavy atom. The minimum Gasteiger partial charge on any atom is -0.481 e. The second-order valence-electron chi connectivity index (χ2n) is 5.12. The predicted octanol–water partition coefficient (Wildman–Crippen LogP) is 0.452. The predicted molar refractivity (Wildman–Crippen MR) is 62.6 cm³/mol. The molecule has 2 N–H and O–H groups in total. The fourth-order valence-electron chi connectivity index (χ4n) is 2.62. The van der Waals surface area contributed by atoms with E-state index in [-0.39, 0.29) is 18.2 Å². The molecule has 2 rings (SSSR count). The molecule has 0 aromatic heterocycles. The molecular formula is C12H20N2O3. The Bertz CT molecular complexity index is 294. The highest BCUT2D eigenvalue weighted by atomic mass is 16.4. The first kappa shape index (κ1) is 12.4. The van der Waals surface area contributed by atoms with Crippen molar-refractivity contribution in [2.24, 2.45) is 5.92 Å². The Labute approximate surface area is 101 Å². The number of carbonyl (C=O) groups excluding carboxylic acids is 1. The van der Waals surface area contributed by atoms with E-state index in [4.69, 9.17) is 5.11 Å². The molecule has 5 nitrogen and oxygen atoms in total. The molecule has 1 heterocycles. The molecule has 1 saturated heterocycles. The number of aliphatic carboxylic acids is 1. The molecule has 96 valence electrons. The Kier molecular flexibility index (Phi) is 3.99. The van der Waals surface area contributed by atoms with Gasteiger partial charge < -0.3 is 15.3 Å². The van der Waals surface area contributed by atoms with Gasteiger partial charge in [0.2, 0.25) is 5.91 Å². The standard InChI is InChI=1S/C12H20N2O3/c15-11(6-13-10-3-1-2-4-10)14-7-9(8-14)5-12(16)17/h9-10,13H,1-8H2,(H,16,17). The lowest BCUT2D eigenvalue weighted by Crippen LogP contribution is -2.53. The van der Waals surface area contributed by atoms with Crippen LogP contribution in [-0.2, 0) is 9.59 Å². The van der Waals surface area contributed by atoms with Crippen molar-refractivity contribution in [2.75, 3.05) is 19.6 Å². The van der Waals surface area contributed by atoms with Crippen LogP contribution in [0.3, 0.4) is 0 Å². The minimum atomic E-state index is -0.772. The summed E-state index contributed by atoms with van der Waals surface area (Å²) in [6, 6.07) is 0.509. The number of likely N-dealkylation sites (tertiary alicyclic amines) is 1. The normalized spacial score (nSPS) is 21.5. The number of hydrogen-bond acceptors (Lipinski definition) is 3. The van der Waals surface area contributed by atoms with Crippen molar-refractivity contribution >= 4 is 11.9 Å². The second-order valence-corrected chi connectivity index (χ2v) is 5.12. The Morgan fingerprint density at radius 3 is 2.47 bits per heavy atom. The van der Waals surface area contributed by atoms with Crippen LogP contribution in [0.15, 0.2) is 0 Å². The Balaban J connectivity index is 1.60. The summed E-state index contributed by atoms with van der Waals surface area (Å²) in [7, 11) is 0. The molecule has 0 aromatic rings. The largest absolute Gasteiger partial charge is 0.481 e. The van der Waals surface area contributed by atoms with E-state index in [1.165, 1.54) is 25.7 Å². The van der Waals surface area contributed by atoms with E-state index in [1.54, 1.807) is 4.90 Å². The van der Waals surface area contributed by atoms with Gasteiger partial charge in [0.1, 0.15) is 0 Å². The highest BCUT2D eigenvalue weighted by Crippen LogP contribution is 2.20. The van der Waals surface area contributed by atoms with Crippen molar-refractivity contribution in [2.45, 2.75) is 38.1 Å². The number of carboxylic acid groups (broad SMARTS) is 1. The van der Waals surface area contributed by atoms with Gasteiger partial charge in [-0.1, -0.05) is 12.8 Å². The van der Waals surface area contributed by atoms with Gasteiger partial charge in [0, 0.05) is 25.0 Å². The second kappa shape index (κ2) is 5.49. The molecule has 0 aromatic carbocycles. The zero-order valence-corrected chi connectivity index (χ0v) is 10.0. The van der Waals surface area contributed by atoms with Gasteiger partial charge in [0.05, 0.1) is 13.0 Å². The maximum atomic E-state index is 11.7. The highest BCUT2D eigenvalue weighted by molar-refractivity contribution is 5.79. The molecule has 0 radical (unpaired) electrons. The first-order valence-corrected chi connectivity index (χ1v) is 6.38. The van der Waals surface area contributed by atoms with Gasteiger partial charge in [0.25, 0.3) is 0 Å². The fraction of sp³-hybridized carbons (Fsp3) is 0.833. The molecule has 0 unspecified atom stereocenters. The number of rotatable bonds is 5. The molecule has 2 aliphatic rings. The van der Waals surface area contributed by atoms with Crippen LogP contribution in [0, 0.1) is 5.92 Å². The Morgan fingerprint density at radius 1 is 1.24 bits per heavy atom. The van der Waals surface area contributed by atoms with Crippen LogP contribution in [0.4, 0.5) is 0 Å². The summed E-state index contributed by atoms with van der Waals surface area (Å²) in [5.74, 6) is -0.507. The van der Waals surface area contributed by atoms with Gasteiger partial charge in [-0.25, -0.2) is 0 Å². The third kappa shape index (κ3) is 3.43. The summed E-state index contributed by atoms with van der Waals surface area (Å²) >= 11 is 0. The SMILES string of the molecule is O=C(O)CC1CN(C(=O)CNC2CCCC2)C1. The van der Waals surface area contributed by atoms with Gasteiger partial charge >= 0.3 is 5.97 Å². The van der Waals surface area contributed by atoms with E-state index in [1.807, 2.05) is 0 Å². The van der Waals surface area contributed by atoms with Crippen molar-refractivity contribution in [3.63, 3.8) is 0 Å². The number of carbonyl (C=O) groups is 2. The van der Waals surface area contributed by atoms with Gasteiger partial charge in [-0.3, -0.25) is 9.59 Å². The Hall–Kier alpha value is -1.10. The van der Waals surface area contributed by atoms with Crippen molar-refractivity contribution in [1.82, 2.24) is 10.2 Å². The van der Waals surface area contributed by atoms with Gasteiger partial charge in [-0.05, 0) is 12.8 Å². The van der Waals surface area contributed by atoms with E-state index in [0.29, 0.717) is 25.7 Å². The van der Waals surface area contributed by atoms with Crippen LogP contribution in [0.5, 0.6) is 0 Å². The summed E-state index contributed by atoms with van der Waals surface area (Å²) in [5, 5.41) is 11.9. The number of hydrogen-bond donors (Lipinski definition) is 2. The summed E-state index contributed by atoms with van der Waals surface area (Å²) in [6.45, 7) is 1.62. The van der Waals surface area contributed by atoms with Gasteiger partial charge in [-0.15, -0.1) is 0 Å². The van der Waals surface area contributed by atoms with Gasteiger partial charge in [0.15, 0.2) is 0 Å². The number of nitrogens with zero attached hydrogens (tertiary/aromatic N) is 1. The third-order valence-corrected chi connectivity index (χ3v) is 3.67. The molecule has 2 fully saturated rings. The average Bonchev–Trinajstić information content (AvgIpc) is 2.71. The first-order valence-electron chi connectivity index (χ1n) is 6.38. The number of nitrogens with one attached hydrogen (secondary N) is 1. The van der Waals surface area contributed by atoms with E-state index in [9.17, 15) is 9.59 Å². The molecule has 1 saturated carbocycles. The van der Waals surface area contributed by atoms with E-state index in [0.717, 1.165) is 0 Å². The molecule has 0 spiro atoms. The molecule has 5 heteroatoms. The summed E-state index contributed by atoms with van der Waals surface area (Å²) in [4.78, 5) is 23.9. The van der Waals surface area contributed by atoms with Crippen LogP contribution < -0.4 is 5.32 Å². The van der Waals surface area contributed by atoms with Crippen LogP contribution >= 0.6 is 0 Å². The molecule has 17 heavy (non-hydrogen) atoms. The molecule has 1 aliphatic heterocycles. The van der Waals surface area contributed by atoms with E-state index in [2.05, 4.69) is 5.32 Å². The summed E-state index contributed by atoms with van der Waals surface area (Å²) in [6.07, 6.45) is 5.05. The van der Waals surface area contributed by atoms with Gasteiger partial charge in [-0.2, -0.15) is 0 Å². The zero-order valence-electron chi connectivity index (χ0n) is 10.0. The van der Waals surface area contributed by atoms with Crippen molar-refractivity contribution < 1.29 is 14.7 Å². The van der Waals surface area contributed by atoms with Crippen LogP contribution in [-0.4, -0.2) is 47.6 Å². The molecule has 0 bridgehead atoms. The highest BCUT2D eigenvalue weighted by Gasteiger charge is 2.31. The van der Waals surface area contributed by atoms with E-state index < -0.39 is 5.97 Å². The lowest BCUT2D eigenvalue weighted by atomic mass is 9.96. The molecular weight excluding hydrogens is 220 g/mol. The quantitative estimate of drug-likeness (QED) is 0.732. The maximum Gasteiger partial charge on any atom is 0.303 e. The summed E-state index contributed by atoms with van der Waals surface area (Å²) < 4.78 is 0. The lowest BCUT2D eigenvalue weighted by molar-refractivity contribution is -0.144. The molecule has 0 atom stereocenters. The van der Waals surface area contributed by atoms with E-state index >= 15 is 0 Å². The van der Waals surface area contributed by atoms with Crippen molar-refractivity contribution in [3.8, 4) is 0 Å². The smallest absolute Gasteiger partial charge is 0.303 e. The monoisotopic (exact) mass is 240 g/mol. The zero-order chi connectivity index (χ0) is 12.3. The topological polar surface area (TPSA) is 69.6 Å². The lowest BCUT2D eigenvalue weighted by Gasteiger charge is -2.38.